The Morgan fingerprint density at radius 3 is 2.04 bits per heavy atom. The number of amides is 1. The van der Waals surface area contributed by atoms with Crippen LogP contribution < -0.4 is 10.9 Å². The molecule has 0 aliphatic heterocycles. The molecule has 0 aliphatic rings. The Bertz CT molecular complexity index is 887. The van der Waals surface area contributed by atoms with E-state index in [0.717, 1.165) is 11.1 Å². The third-order valence-corrected chi connectivity index (χ3v) is 3.81. The highest BCUT2D eigenvalue weighted by atomic mass is 16.3. The second kappa shape index (κ2) is 7.36. The smallest absolute Gasteiger partial charge is 0.269 e. The van der Waals surface area contributed by atoms with Crippen LogP contribution in [0.3, 0.4) is 0 Å². The molecule has 25 heavy (non-hydrogen) atoms. The molecule has 0 unspecified atom stereocenters. The SMILES string of the molecule is C=C(NNC(=O)c1ccc(-c2ccccc2)cc1)c1ccccc1O. The molecule has 0 aromatic heterocycles. The number of phenolic OH excluding ortho intramolecular Hbond substituents is 1. The van der Waals surface area contributed by atoms with Crippen molar-refractivity contribution in [1.82, 2.24) is 10.9 Å². The lowest BCUT2D eigenvalue weighted by Crippen LogP contribution is -2.35. The average molecular weight is 330 g/mol. The summed E-state index contributed by atoms with van der Waals surface area (Å²) in [6.45, 7) is 3.82. The topological polar surface area (TPSA) is 61.4 Å². The summed E-state index contributed by atoms with van der Waals surface area (Å²) in [4.78, 5) is 12.2. The molecule has 3 aromatic rings. The molecule has 0 aliphatic carbocycles. The third kappa shape index (κ3) is 3.87. The molecular weight excluding hydrogens is 312 g/mol. The lowest BCUT2D eigenvalue weighted by atomic mass is 10.0. The molecule has 3 aromatic carbocycles. The Labute approximate surface area is 146 Å². The van der Waals surface area contributed by atoms with Gasteiger partial charge in [0.1, 0.15) is 5.75 Å². The molecular formula is C21H18N2O2. The quantitative estimate of drug-likeness (QED) is 0.621. The first-order valence-corrected chi connectivity index (χ1v) is 7.84. The van der Waals surface area contributed by atoms with Crippen molar-refractivity contribution < 1.29 is 9.90 Å². The van der Waals surface area contributed by atoms with Crippen LogP contribution in [0.2, 0.25) is 0 Å². The second-order valence-electron chi connectivity index (χ2n) is 5.52. The van der Waals surface area contributed by atoms with Gasteiger partial charge >= 0.3 is 0 Å². The highest BCUT2D eigenvalue weighted by Gasteiger charge is 2.08. The van der Waals surface area contributed by atoms with Crippen molar-refractivity contribution in [3.05, 3.63) is 96.6 Å². The van der Waals surface area contributed by atoms with E-state index in [1.165, 1.54) is 0 Å². The first-order valence-electron chi connectivity index (χ1n) is 7.84. The van der Waals surface area contributed by atoms with Crippen molar-refractivity contribution in [3.63, 3.8) is 0 Å². The first kappa shape index (κ1) is 16.3. The minimum Gasteiger partial charge on any atom is -0.507 e. The van der Waals surface area contributed by atoms with Crippen molar-refractivity contribution in [2.45, 2.75) is 0 Å². The minimum atomic E-state index is -0.281. The van der Waals surface area contributed by atoms with Crippen molar-refractivity contribution in [2.75, 3.05) is 0 Å². The number of carbonyl (C=O) groups is 1. The molecule has 0 saturated heterocycles. The van der Waals surface area contributed by atoms with E-state index < -0.39 is 0 Å². The molecule has 0 saturated carbocycles. The van der Waals surface area contributed by atoms with Gasteiger partial charge in [-0.15, -0.1) is 0 Å². The molecule has 0 bridgehead atoms. The Morgan fingerprint density at radius 1 is 0.760 bits per heavy atom. The molecule has 0 heterocycles. The Hall–Kier alpha value is -3.53. The molecule has 0 spiro atoms. The van der Waals surface area contributed by atoms with Gasteiger partial charge in [0.25, 0.3) is 5.91 Å². The average Bonchev–Trinajstić information content (AvgIpc) is 2.67. The largest absolute Gasteiger partial charge is 0.507 e. The van der Waals surface area contributed by atoms with Gasteiger partial charge in [-0.2, -0.15) is 0 Å². The van der Waals surface area contributed by atoms with Crippen LogP contribution in [0.25, 0.3) is 16.8 Å². The van der Waals surface area contributed by atoms with E-state index in [4.69, 9.17) is 0 Å². The number of hydrogen-bond donors (Lipinski definition) is 3. The van der Waals surface area contributed by atoms with Crippen LogP contribution in [0.4, 0.5) is 0 Å². The zero-order valence-electron chi connectivity index (χ0n) is 13.6. The van der Waals surface area contributed by atoms with Crippen LogP contribution >= 0.6 is 0 Å². The summed E-state index contributed by atoms with van der Waals surface area (Å²) >= 11 is 0. The van der Waals surface area contributed by atoms with Crippen LogP contribution in [-0.2, 0) is 0 Å². The van der Waals surface area contributed by atoms with Crippen LogP contribution in [0, 0.1) is 0 Å². The minimum absolute atomic E-state index is 0.0986. The number of phenols is 1. The number of para-hydroxylation sites is 1. The molecule has 0 fully saturated rings. The maximum atomic E-state index is 12.2. The molecule has 4 heteroatoms. The fourth-order valence-corrected chi connectivity index (χ4v) is 2.45. The van der Waals surface area contributed by atoms with Crippen molar-refractivity contribution in [1.29, 1.82) is 0 Å². The number of benzene rings is 3. The molecule has 0 atom stereocenters. The van der Waals surface area contributed by atoms with Crippen LogP contribution in [0.15, 0.2) is 85.4 Å². The normalized spacial score (nSPS) is 10.1. The first-order chi connectivity index (χ1) is 12.1. The van der Waals surface area contributed by atoms with E-state index in [-0.39, 0.29) is 11.7 Å². The molecule has 0 radical (unpaired) electrons. The zero-order chi connectivity index (χ0) is 17.6. The standard InChI is InChI=1S/C21H18N2O2/c1-15(19-9-5-6-10-20(19)24)22-23-21(25)18-13-11-17(12-14-18)16-7-3-2-4-8-16/h2-14,22,24H,1H2,(H,23,25). The van der Waals surface area contributed by atoms with Gasteiger partial charge in [-0.3, -0.25) is 15.6 Å². The number of rotatable bonds is 5. The Kier molecular flexibility index (Phi) is 4.81. The molecule has 4 nitrogen and oxygen atoms in total. The van der Waals surface area contributed by atoms with Crippen LogP contribution in [0.5, 0.6) is 5.75 Å². The number of hydrogen-bond acceptors (Lipinski definition) is 3. The lowest BCUT2D eigenvalue weighted by molar-refractivity contribution is 0.0942. The van der Waals surface area contributed by atoms with Gasteiger partial charge < -0.3 is 5.11 Å². The zero-order valence-corrected chi connectivity index (χ0v) is 13.6. The van der Waals surface area contributed by atoms with Crippen molar-refractivity contribution in [2.24, 2.45) is 0 Å². The van der Waals surface area contributed by atoms with Crippen LogP contribution in [0.1, 0.15) is 15.9 Å². The van der Waals surface area contributed by atoms with Gasteiger partial charge in [0.2, 0.25) is 0 Å². The number of aromatic hydroxyl groups is 1. The number of hydrazine groups is 1. The lowest BCUT2D eigenvalue weighted by Gasteiger charge is -2.12. The Morgan fingerprint density at radius 2 is 1.36 bits per heavy atom. The predicted molar refractivity (Wildman–Crippen MR) is 99.6 cm³/mol. The van der Waals surface area contributed by atoms with E-state index in [9.17, 15) is 9.90 Å². The second-order valence-corrected chi connectivity index (χ2v) is 5.52. The third-order valence-electron chi connectivity index (χ3n) is 3.81. The molecule has 124 valence electrons. The highest BCUT2D eigenvalue weighted by molar-refractivity contribution is 5.95. The summed E-state index contributed by atoms with van der Waals surface area (Å²) in [7, 11) is 0. The van der Waals surface area contributed by atoms with E-state index in [2.05, 4.69) is 17.4 Å². The summed E-state index contributed by atoms with van der Waals surface area (Å²) in [5.74, 6) is -0.183. The summed E-state index contributed by atoms with van der Waals surface area (Å²) in [6.07, 6.45) is 0. The van der Waals surface area contributed by atoms with Crippen molar-refractivity contribution in [3.8, 4) is 16.9 Å². The summed E-state index contributed by atoms with van der Waals surface area (Å²) < 4.78 is 0. The van der Waals surface area contributed by atoms with E-state index in [1.807, 2.05) is 42.5 Å². The van der Waals surface area contributed by atoms with E-state index >= 15 is 0 Å². The molecule has 3 N–H and O–H groups in total. The fraction of sp³-hybridized carbons (Fsp3) is 0. The highest BCUT2D eigenvalue weighted by Crippen LogP contribution is 2.21. The monoisotopic (exact) mass is 330 g/mol. The molecule has 1 amide bonds. The van der Waals surface area contributed by atoms with Crippen LogP contribution in [-0.4, -0.2) is 11.0 Å². The maximum absolute atomic E-state index is 12.2. The van der Waals surface area contributed by atoms with Gasteiger partial charge in [0, 0.05) is 11.1 Å². The summed E-state index contributed by atoms with van der Waals surface area (Å²) in [6, 6.07) is 24.1. The number of nitrogens with one attached hydrogen (secondary N) is 2. The van der Waals surface area contributed by atoms with Gasteiger partial charge in [-0.05, 0) is 35.4 Å². The molecule has 3 rings (SSSR count). The van der Waals surface area contributed by atoms with E-state index in [1.54, 1.807) is 36.4 Å². The maximum Gasteiger partial charge on any atom is 0.269 e. The Balaban J connectivity index is 1.64. The number of carbonyl (C=O) groups excluding carboxylic acids is 1. The van der Waals surface area contributed by atoms with Gasteiger partial charge in [0.05, 0.1) is 5.70 Å². The predicted octanol–water partition coefficient (Wildman–Crippen LogP) is 3.96. The summed E-state index contributed by atoms with van der Waals surface area (Å²) in [5, 5.41) is 9.79. The fourth-order valence-electron chi connectivity index (χ4n) is 2.45. The van der Waals surface area contributed by atoms with Gasteiger partial charge in [0.15, 0.2) is 0 Å². The van der Waals surface area contributed by atoms with Gasteiger partial charge in [-0.25, -0.2) is 0 Å². The van der Waals surface area contributed by atoms with Gasteiger partial charge in [-0.1, -0.05) is 61.2 Å². The van der Waals surface area contributed by atoms with Crippen molar-refractivity contribution >= 4 is 11.6 Å². The summed E-state index contributed by atoms with van der Waals surface area (Å²) in [5.41, 5.74) is 8.92. The van der Waals surface area contributed by atoms with E-state index in [0.29, 0.717) is 16.8 Å².